The van der Waals surface area contributed by atoms with Gasteiger partial charge in [0.25, 0.3) is 0 Å². The average Bonchev–Trinajstić information content (AvgIpc) is 2.93. The summed E-state index contributed by atoms with van der Waals surface area (Å²) >= 11 is 0. The third kappa shape index (κ3) is 30.8. The summed E-state index contributed by atoms with van der Waals surface area (Å²) in [6.45, 7) is 6.71. The van der Waals surface area contributed by atoms with Crippen LogP contribution in [0.25, 0.3) is 0 Å². The van der Waals surface area contributed by atoms with Gasteiger partial charge in [0.15, 0.2) is 0 Å². The van der Waals surface area contributed by atoms with Gasteiger partial charge in [0.1, 0.15) is 5.60 Å². The molecule has 0 aliphatic rings. The fourth-order valence-corrected chi connectivity index (χ4v) is 5.07. The molecule has 42 heavy (non-hydrogen) atoms. The van der Waals surface area contributed by atoms with Gasteiger partial charge >= 0.3 is 23.9 Å². The molecule has 0 unspecified atom stereocenters. The van der Waals surface area contributed by atoms with Crippen LogP contribution in [0.4, 0.5) is 0 Å². The summed E-state index contributed by atoms with van der Waals surface area (Å²) in [5, 5.41) is 25.1. The van der Waals surface area contributed by atoms with E-state index in [1.165, 1.54) is 77.0 Å². The molecule has 0 fully saturated rings. The van der Waals surface area contributed by atoms with Crippen molar-refractivity contribution < 1.29 is 39.2 Å². The van der Waals surface area contributed by atoms with Crippen molar-refractivity contribution in [2.24, 2.45) is 0 Å². The largest absolute Gasteiger partial charge is 0.481 e. The normalized spacial score (nSPS) is 11.0. The summed E-state index contributed by atoms with van der Waals surface area (Å²) in [6.07, 6.45) is 24.1. The molecule has 8 nitrogen and oxygen atoms in total. The minimum Gasteiger partial charge on any atom is -0.481 e. The molecule has 248 valence electrons. The number of ether oxygens (including phenoxy) is 1. The van der Waals surface area contributed by atoms with Crippen LogP contribution in [0.2, 0.25) is 0 Å². The summed E-state index contributed by atoms with van der Waals surface area (Å²) in [5.74, 6) is -2.65. The number of hydrogen-bond donors (Lipinski definition) is 3. The predicted octanol–water partition coefficient (Wildman–Crippen LogP) is 9.71. The van der Waals surface area contributed by atoms with Crippen LogP contribution >= 0.6 is 0 Å². The Hall–Kier alpha value is -2.12. The fourth-order valence-electron chi connectivity index (χ4n) is 5.07. The van der Waals surface area contributed by atoms with Crippen molar-refractivity contribution in [2.45, 2.75) is 193 Å². The van der Waals surface area contributed by atoms with Crippen LogP contribution in [0.1, 0.15) is 188 Å². The van der Waals surface area contributed by atoms with Gasteiger partial charge in [-0.15, -0.1) is 0 Å². The number of carboxylic acid groups (broad SMARTS) is 3. The Morgan fingerprint density at radius 1 is 0.429 bits per heavy atom. The molecule has 0 saturated heterocycles. The quantitative estimate of drug-likeness (QED) is 0.0569. The molecule has 0 aliphatic heterocycles. The lowest BCUT2D eigenvalue weighted by molar-refractivity contribution is -0.163. The molecule has 0 rings (SSSR count). The van der Waals surface area contributed by atoms with E-state index in [0.717, 1.165) is 38.5 Å². The van der Waals surface area contributed by atoms with Crippen molar-refractivity contribution >= 4 is 23.9 Å². The van der Waals surface area contributed by atoms with E-state index in [2.05, 4.69) is 20.8 Å². The van der Waals surface area contributed by atoms with Gasteiger partial charge in [-0.05, 0) is 64.2 Å². The van der Waals surface area contributed by atoms with Gasteiger partial charge in [0, 0.05) is 25.7 Å². The molecule has 3 N–H and O–H groups in total. The van der Waals surface area contributed by atoms with Gasteiger partial charge in [0.2, 0.25) is 0 Å². The maximum atomic E-state index is 12.7. The second-order valence-corrected chi connectivity index (χ2v) is 11.7. The number of hydrogen-bond acceptors (Lipinski definition) is 5. The van der Waals surface area contributed by atoms with Crippen LogP contribution in [0.3, 0.4) is 0 Å². The van der Waals surface area contributed by atoms with Crippen LogP contribution in [-0.4, -0.2) is 44.8 Å². The van der Waals surface area contributed by atoms with Crippen molar-refractivity contribution in [1.29, 1.82) is 0 Å². The smallest absolute Gasteiger partial charge is 0.306 e. The van der Waals surface area contributed by atoms with Gasteiger partial charge in [-0.1, -0.05) is 97.8 Å². The number of carbonyl (C=O) groups excluding carboxylic acids is 1. The predicted molar refractivity (Wildman–Crippen MR) is 169 cm³/mol. The van der Waals surface area contributed by atoms with E-state index < -0.39 is 17.9 Å². The lowest BCUT2D eigenvalue weighted by Gasteiger charge is -2.34. The summed E-state index contributed by atoms with van der Waals surface area (Å²) in [4.78, 5) is 43.2. The van der Waals surface area contributed by atoms with Gasteiger partial charge in [-0.25, -0.2) is 0 Å². The lowest BCUT2D eigenvalue weighted by atomic mass is 9.84. The van der Waals surface area contributed by atoms with Gasteiger partial charge < -0.3 is 20.1 Å². The molecule has 0 aromatic carbocycles. The number of rotatable bonds is 29. The number of carboxylic acids is 3. The Bertz CT molecular complexity index is 648. The van der Waals surface area contributed by atoms with E-state index in [-0.39, 0.29) is 30.8 Å². The van der Waals surface area contributed by atoms with Crippen LogP contribution in [0.5, 0.6) is 0 Å². The van der Waals surface area contributed by atoms with Crippen LogP contribution in [-0.2, 0) is 23.9 Å². The first-order chi connectivity index (χ1) is 20.1. The van der Waals surface area contributed by atoms with E-state index in [1.54, 1.807) is 0 Å². The van der Waals surface area contributed by atoms with Crippen molar-refractivity contribution in [2.75, 3.05) is 0 Å². The summed E-state index contributed by atoms with van der Waals surface area (Å²) in [5.41, 5.74) is -0.311. The number of unbranched alkanes of at least 4 members (excludes halogenated alkanes) is 14. The van der Waals surface area contributed by atoms with Crippen molar-refractivity contribution in [3.05, 3.63) is 0 Å². The Morgan fingerprint density at radius 2 is 0.714 bits per heavy atom. The summed E-state index contributed by atoms with van der Waals surface area (Å²) in [6, 6.07) is 0. The standard InChI is InChI=1S/C28H54O4.C6H10O4/c1-4-7-10-13-14-15-20-25-28(23-18-11-8-5-2,24-19-12-9-6-3)32-27(31)22-17-16-21-26(29)30;7-5(8)3-1-2-4-6(9)10/h4-25H2,1-3H3,(H,29,30);1-4H2,(H,7,8)(H,9,10). The molecule has 0 spiro atoms. The second kappa shape index (κ2) is 30.3. The van der Waals surface area contributed by atoms with E-state index in [0.29, 0.717) is 32.1 Å². The van der Waals surface area contributed by atoms with E-state index >= 15 is 0 Å². The fraction of sp³-hybridized carbons (Fsp3) is 0.882. The zero-order chi connectivity index (χ0) is 31.9. The Morgan fingerprint density at radius 3 is 1.05 bits per heavy atom. The molecular weight excluding hydrogens is 536 g/mol. The molecule has 0 aromatic rings. The number of aliphatic carboxylic acids is 3. The molecule has 0 radical (unpaired) electrons. The molecule has 0 heterocycles. The van der Waals surface area contributed by atoms with E-state index in [1.807, 2.05) is 0 Å². The van der Waals surface area contributed by atoms with Crippen molar-refractivity contribution in [1.82, 2.24) is 0 Å². The highest BCUT2D eigenvalue weighted by atomic mass is 16.6. The van der Waals surface area contributed by atoms with Gasteiger partial charge in [0.05, 0.1) is 0 Å². The minimum absolute atomic E-state index is 0.0628. The van der Waals surface area contributed by atoms with Gasteiger partial charge in [-0.2, -0.15) is 0 Å². The molecule has 0 amide bonds. The Balaban J connectivity index is 0. The van der Waals surface area contributed by atoms with E-state index in [9.17, 15) is 19.2 Å². The molecular formula is C34H64O8. The van der Waals surface area contributed by atoms with Crippen molar-refractivity contribution in [3.63, 3.8) is 0 Å². The lowest BCUT2D eigenvalue weighted by Crippen LogP contribution is -2.35. The highest BCUT2D eigenvalue weighted by molar-refractivity contribution is 5.70. The molecule has 0 atom stereocenters. The zero-order valence-electron chi connectivity index (χ0n) is 27.3. The average molecular weight is 601 g/mol. The van der Waals surface area contributed by atoms with Crippen LogP contribution in [0.15, 0.2) is 0 Å². The van der Waals surface area contributed by atoms with Crippen LogP contribution in [0, 0.1) is 0 Å². The Labute approximate surface area is 256 Å². The monoisotopic (exact) mass is 600 g/mol. The maximum absolute atomic E-state index is 12.7. The molecule has 8 heteroatoms. The molecule has 0 aromatic heterocycles. The first-order valence-corrected chi connectivity index (χ1v) is 17.0. The third-order valence-corrected chi connectivity index (χ3v) is 7.59. The number of esters is 1. The first-order valence-electron chi connectivity index (χ1n) is 17.0. The molecule has 0 aliphatic carbocycles. The Kier molecular flexibility index (Phi) is 30.4. The van der Waals surface area contributed by atoms with Crippen molar-refractivity contribution in [3.8, 4) is 0 Å². The van der Waals surface area contributed by atoms with Crippen LogP contribution < -0.4 is 0 Å². The SMILES string of the molecule is CCCCCCCCCC(CCCCCC)(CCCCCC)OC(=O)CCCCC(=O)O.O=C(O)CCCCC(=O)O. The van der Waals surface area contributed by atoms with Gasteiger partial charge in [-0.3, -0.25) is 19.2 Å². The minimum atomic E-state index is -0.870. The highest BCUT2D eigenvalue weighted by Gasteiger charge is 2.32. The topological polar surface area (TPSA) is 138 Å². The highest BCUT2D eigenvalue weighted by Crippen LogP contribution is 2.33. The second-order valence-electron chi connectivity index (χ2n) is 11.7. The summed E-state index contributed by atoms with van der Waals surface area (Å²) in [7, 11) is 0. The zero-order valence-corrected chi connectivity index (χ0v) is 27.3. The van der Waals surface area contributed by atoms with E-state index in [4.69, 9.17) is 20.1 Å². The molecule has 0 saturated carbocycles. The third-order valence-electron chi connectivity index (χ3n) is 7.59. The maximum Gasteiger partial charge on any atom is 0.306 e. The summed E-state index contributed by atoms with van der Waals surface area (Å²) < 4.78 is 6.26. The molecule has 0 bridgehead atoms. The number of carbonyl (C=O) groups is 4. The first kappa shape index (κ1) is 42.0.